The van der Waals surface area contributed by atoms with Crippen LogP contribution in [-0.4, -0.2) is 16.6 Å². The van der Waals surface area contributed by atoms with E-state index < -0.39 is 0 Å². The van der Waals surface area contributed by atoms with Crippen LogP contribution in [0.3, 0.4) is 0 Å². The first kappa shape index (κ1) is 26.5. The van der Waals surface area contributed by atoms with Crippen molar-refractivity contribution in [3.8, 4) is 22.3 Å². The third-order valence-corrected chi connectivity index (χ3v) is 8.54. The van der Waals surface area contributed by atoms with Gasteiger partial charge < -0.3 is 18.3 Å². The van der Waals surface area contributed by atoms with Crippen molar-refractivity contribution in [3.63, 3.8) is 0 Å². The molecule has 5 heterocycles. The van der Waals surface area contributed by atoms with Crippen molar-refractivity contribution < 1.29 is 30.5 Å². The average molecular weight is 615 g/mol. The van der Waals surface area contributed by atoms with Crippen molar-refractivity contribution in [2.75, 3.05) is 16.8 Å². The molecule has 0 fully saturated rings. The molecule has 212 valence electrons. The van der Waals surface area contributed by atoms with Gasteiger partial charge in [0.1, 0.15) is 5.58 Å². The fourth-order valence-corrected chi connectivity index (χ4v) is 6.53. The van der Waals surface area contributed by atoms with Gasteiger partial charge in [0.25, 0.3) is 0 Å². The quantitative estimate of drug-likeness (QED) is 0.114. The number of aryl methyl sites for hydroxylation is 2. The summed E-state index contributed by atoms with van der Waals surface area (Å²) in [7, 11) is 6.24. The van der Waals surface area contributed by atoms with Crippen LogP contribution < -0.4 is 14.4 Å². The molecule has 0 unspecified atom stereocenters. The number of nitrogens with zero attached hydrogens (tertiary/aromatic N) is 5. The molecule has 44 heavy (non-hydrogen) atoms. The molecule has 8 aromatic rings. The van der Waals surface area contributed by atoms with Crippen LogP contribution in [0.4, 0.5) is 28.8 Å². The monoisotopic (exact) mass is 614 g/mol. The van der Waals surface area contributed by atoms with Crippen molar-refractivity contribution in [1.82, 2.24) is 9.55 Å². The predicted molar refractivity (Wildman–Crippen MR) is 168 cm³/mol. The second-order valence-corrected chi connectivity index (χ2v) is 11.0. The van der Waals surface area contributed by atoms with E-state index in [-0.39, 0.29) is 17.1 Å². The summed E-state index contributed by atoms with van der Waals surface area (Å²) in [5, 5.41) is 2.18. The van der Waals surface area contributed by atoms with Gasteiger partial charge in [0.05, 0.1) is 31.0 Å². The molecule has 4 aromatic heterocycles. The molecule has 0 saturated heterocycles. The molecule has 0 saturated carbocycles. The van der Waals surface area contributed by atoms with Crippen molar-refractivity contribution in [3.05, 3.63) is 110 Å². The zero-order valence-corrected chi connectivity index (χ0v) is 25.3. The summed E-state index contributed by atoms with van der Waals surface area (Å²) in [6.45, 7) is 0. The molecule has 4 aromatic carbocycles. The maximum Gasteiger partial charge on any atom is 3.00 e. The number of oxazole rings is 1. The first-order valence-electron chi connectivity index (χ1n) is 14.2. The molecular formula is C36H25MnN5O2+. The smallest absolute Gasteiger partial charge is 0.557 e. The Morgan fingerprint density at radius 1 is 0.841 bits per heavy atom. The zero-order chi connectivity index (χ0) is 28.8. The van der Waals surface area contributed by atoms with E-state index in [2.05, 4.69) is 101 Å². The fraction of sp³-hybridized carbons (Fsp3) is 0.0833. The Morgan fingerprint density at radius 3 is 2.52 bits per heavy atom. The first-order valence-corrected chi connectivity index (χ1v) is 14.2. The molecular weight excluding hydrogens is 589 g/mol. The van der Waals surface area contributed by atoms with Crippen LogP contribution >= 0.6 is 0 Å². The second kappa shape index (κ2) is 9.67. The van der Waals surface area contributed by atoms with E-state index in [9.17, 15) is 0 Å². The summed E-state index contributed by atoms with van der Waals surface area (Å²) in [6, 6.07) is 33.0. The molecule has 0 N–H and O–H groups in total. The number of fused-ring (bicyclic) bond motifs is 5. The van der Waals surface area contributed by atoms with Gasteiger partial charge >= 0.3 is 23.1 Å². The van der Waals surface area contributed by atoms with Crippen molar-refractivity contribution in [2.45, 2.75) is 0 Å². The summed E-state index contributed by atoms with van der Waals surface area (Å²) in [4.78, 5) is 9.42. The molecule has 8 heteroatoms. The van der Waals surface area contributed by atoms with Gasteiger partial charge in [-0.3, -0.25) is 9.47 Å². The van der Waals surface area contributed by atoms with Gasteiger partial charge in [-0.1, -0.05) is 64.4 Å². The number of para-hydroxylation sites is 4. The van der Waals surface area contributed by atoms with Gasteiger partial charge in [-0.25, -0.2) is 4.98 Å². The van der Waals surface area contributed by atoms with Crippen LogP contribution in [0.2, 0.25) is 0 Å². The van der Waals surface area contributed by atoms with Gasteiger partial charge in [-0.05, 0) is 29.6 Å². The van der Waals surface area contributed by atoms with E-state index in [0.717, 1.165) is 67.1 Å². The number of anilines is 5. The molecule has 0 radical (unpaired) electrons. The molecule has 0 amide bonds. The summed E-state index contributed by atoms with van der Waals surface area (Å²) in [5.74, 6) is 0. The maximum atomic E-state index is 6.55. The molecule has 0 bridgehead atoms. The molecule has 1 aliphatic heterocycles. The van der Waals surface area contributed by atoms with Crippen molar-refractivity contribution in [1.29, 1.82) is 0 Å². The normalized spacial score (nSPS) is 12.6. The van der Waals surface area contributed by atoms with Gasteiger partial charge in [0.2, 0.25) is 0 Å². The molecule has 0 aliphatic carbocycles. The van der Waals surface area contributed by atoms with E-state index in [0.29, 0.717) is 11.6 Å². The van der Waals surface area contributed by atoms with Crippen LogP contribution in [-0.2, 0) is 31.2 Å². The van der Waals surface area contributed by atoms with Gasteiger partial charge in [-0.15, -0.1) is 41.5 Å². The molecule has 1 aliphatic rings. The van der Waals surface area contributed by atoms with Gasteiger partial charge in [0.15, 0.2) is 5.65 Å². The number of rotatable bonds is 3. The number of hydrogen-bond donors (Lipinski definition) is 0. The van der Waals surface area contributed by atoms with E-state index in [1.807, 2.05) is 48.5 Å². The van der Waals surface area contributed by atoms with Crippen LogP contribution in [0.5, 0.6) is 0 Å². The van der Waals surface area contributed by atoms with E-state index in [4.69, 9.17) is 13.8 Å². The van der Waals surface area contributed by atoms with Crippen molar-refractivity contribution in [2.24, 2.45) is 14.1 Å². The van der Waals surface area contributed by atoms with E-state index in [1.54, 1.807) is 0 Å². The number of furan rings is 1. The Bertz CT molecular complexity index is 2380. The van der Waals surface area contributed by atoms with Gasteiger partial charge in [-0.2, -0.15) is 0 Å². The van der Waals surface area contributed by atoms with Crippen LogP contribution in [0.25, 0.3) is 55.4 Å². The Morgan fingerprint density at radius 2 is 1.64 bits per heavy atom. The molecule has 9 rings (SSSR count). The predicted octanol–water partition coefficient (Wildman–Crippen LogP) is 8.09. The Balaban J connectivity index is 0.00000289. The second-order valence-electron chi connectivity index (χ2n) is 11.0. The fourth-order valence-electron chi connectivity index (χ4n) is 6.53. The van der Waals surface area contributed by atoms with Crippen LogP contribution in [0, 0.1) is 12.3 Å². The average Bonchev–Trinajstić information content (AvgIpc) is 3.81. The molecule has 0 atom stereocenters. The summed E-state index contributed by atoms with van der Waals surface area (Å²) in [5.41, 5.74) is 11.2. The summed E-state index contributed by atoms with van der Waals surface area (Å²) >= 11 is 0. The minimum atomic E-state index is 0. The topological polar surface area (TPSA) is 54.5 Å². The van der Waals surface area contributed by atoms with E-state index >= 15 is 0 Å². The molecule has 7 nitrogen and oxygen atoms in total. The Labute approximate surface area is 264 Å². The summed E-state index contributed by atoms with van der Waals surface area (Å²) in [6.07, 6.45) is 7.37. The summed E-state index contributed by atoms with van der Waals surface area (Å²) < 4.78 is 16.6. The van der Waals surface area contributed by atoms with Crippen LogP contribution in [0.1, 0.15) is 0 Å². The van der Waals surface area contributed by atoms with Gasteiger partial charge in [0, 0.05) is 31.3 Å². The largest absolute Gasteiger partial charge is 3.00 e. The Kier molecular flexibility index (Phi) is 5.82. The zero-order valence-electron chi connectivity index (χ0n) is 24.2. The standard InChI is InChI=1S/C36H25N5O2.Mn/c1-38-18-17-25-26(20-39(2)35(25)38)22-15-16-29-31(19-22)41(30-12-6-5-11-28(30)40(29)3)36-37-34-24(10-8-14-33(34)43-36)27-21-42-32-13-7-4-9-23(27)32;/h4-18,20H,1-3H3;/q-2;+3. The maximum absolute atomic E-state index is 6.55. The number of hydrogen-bond acceptors (Lipinski definition) is 5. The number of aromatic nitrogens is 3. The number of benzene rings is 4. The molecule has 0 spiro atoms. The SMILES string of the molecule is CN1c2ccc(-c3cn(C)c4c3[cH-]c[n+]4C)[c-]c2N(c2nc3c(-c4[c-]oc5ccccc45)cccc3o2)c2ccccc21.[Mn+3]. The Hall–Kier alpha value is -5.17. The minimum absolute atomic E-state index is 0. The minimum Gasteiger partial charge on any atom is -0.557 e. The first-order chi connectivity index (χ1) is 21.1. The third kappa shape index (κ3) is 3.65. The van der Waals surface area contributed by atoms with E-state index in [1.165, 1.54) is 5.39 Å². The third-order valence-electron chi connectivity index (χ3n) is 8.54. The van der Waals surface area contributed by atoms with Crippen LogP contribution in [0.15, 0.2) is 106 Å². The van der Waals surface area contributed by atoms with Crippen molar-refractivity contribution >= 4 is 61.9 Å².